The van der Waals surface area contributed by atoms with Crippen LogP contribution in [-0.2, 0) is 22.7 Å². The van der Waals surface area contributed by atoms with Crippen molar-refractivity contribution in [2.24, 2.45) is 0 Å². The number of para-hydroxylation sites is 1. The lowest BCUT2D eigenvalue weighted by Crippen LogP contribution is -2.36. The summed E-state index contributed by atoms with van der Waals surface area (Å²) >= 11 is 0. The molecule has 0 unspecified atom stereocenters. The summed E-state index contributed by atoms with van der Waals surface area (Å²) in [7, 11) is 4.02. The Kier molecular flexibility index (Phi) is 6.90. The molecule has 1 aromatic carbocycles. The SMILES string of the molecule is CC(=O)OCc1ccc(CN[C@H]2CC[C@@H](Nc3nc(N(C)C)c4ccccc4n3)CC2)o1. The van der Waals surface area contributed by atoms with Crippen molar-refractivity contribution in [1.82, 2.24) is 15.3 Å². The third-order valence-corrected chi connectivity index (χ3v) is 5.77. The molecule has 0 spiro atoms. The van der Waals surface area contributed by atoms with Gasteiger partial charge in [-0.1, -0.05) is 12.1 Å². The molecule has 2 heterocycles. The quantitative estimate of drug-likeness (QED) is 0.513. The number of hydrogen-bond acceptors (Lipinski definition) is 8. The van der Waals surface area contributed by atoms with Gasteiger partial charge in [-0.3, -0.25) is 4.79 Å². The van der Waals surface area contributed by atoms with Crippen LogP contribution in [-0.4, -0.2) is 42.1 Å². The van der Waals surface area contributed by atoms with Crippen LogP contribution in [0.5, 0.6) is 0 Å². The summed E-state index contributed by atoms with van der Waals surface area (Å²) in [6.07, 6.45) is 4.27. The minimum absolute atomic E-state index is 0.179. The van der Waals surface area contributed by atoms with Crippen LogP contribution in [0.2, 0.25) is 0 Å². The van der Waals surface area contributed by atoms with Crippen molar-refractivity contribution in [2.75, 3.05) is 24.3 Å². The van der Waals surface area contributed by atoms with Crippen LogP contribution in [0.25, 0.3) is 10.9 Å². The molecule has 0 bridgehead atoms. The number of nitrogens with one attached hydrogen (secondary N) is 2. The third kappa shape index (κ3) is 5.56. The predicted molar refractivity (Wildman–Crippen MR) is 125 cm³/mol. The second-order valence-electron chi connectivity index (χ2n) is 8.50. The zero-order valence-corrected chi connectivity index (χ0v) is 18.9. The van der Waals surface area contributed by atoms with E-state index in [2.05, 4.69) is 16.7 Å². The Morgan fingerprint density at radius 1 is 1.06 bits per heavy atom. The monoisotopic (exact) mass is 437 g/mol. The molecule has 8 heteroatoms. The van der Waals surface area contributed by atoms with Crippen molar-refractivity contribution >= 4 is 28.6 Å². The first-order valence-electron chi connectivity index (χ1n) is 11.1. The van der Waals surface area contributed by atoms with E-state index in [4.69, 9.17) is 19.1 Å². The van der Waals surface area contributed by atoms with Crippen LogP contribution >= 0.6 is 0 Å². The lowest BCUT2D eigenvalue weighted by molar-refractivity contribution is -0.142. The predicted octanol–water partition coefficient (Wildman–Crippen LogP) is 3.86. The molecule has 4 rings (SSSR count). The fourth-order valence-electron chi connectivity index (χ4n) is 4.10. The van der Waals surface area contributed by atoms with Crippen LogP contribution in [0.4, 0.5) is 11.8 Å². The number of esters is 1. The molecule has 170 valence electrons. The summed E-state index contributed by atoms with van der Waals surface area (Å²) in [6.45, 7) is 2.24. The average molecular weight is 438 g/mol. The Labute approximate surface area is 188 Å². The van der Waals surface area contributed by atoms with Crippen molar-refractivity contribution in [1.29, 1.82) is 0 Å². The second-order valence-corrected chi connectivity index (χ2v) is 8.50. The zero-order chi connectivity index (χ0) is 22.5. The molecule has 0 radical (unpaired) electrons. The first kappa shape index (κ1) is 22.1. The number of carbonyl (C=O) groups excluding carboxylic acids is 1. The lowest BCUT2D eigenvalue weighted by atomic mass is 9.91. The molecular weight excluding hydrogens is 406 g/mol. The molecule has 0 amide bonds. The van der Waals surface area contributed by atoms with Gasteiger partial charge in [-0.15, -0.1) is 0 Å². The number of rotatable bonds is 8. The molecule has 0 saturated heterocycles. The maximum atomic E-state index is 10.9. The number of benzene rings is 1. The van der Waals surface area contributed by atoms with E-state index in [0.29, 0.717) is 30.3 Å². The Hall–Kier alpha value is -3.13. The van der Waals surface area contributed by atoms with Gasteiger partial charge in [0.25, 0.3) is 0 Å². The molecule has 1 fully saturated rings. The van der Waals surface area contributed by atoms with Crippen molar-refractivity contribution in [3.05, 3.63) is 47.9 Å². The van der Waals surface area contributed by atoms with Gasteiger partial charge < -0.3 is 24.7 Å². The molecule has 1 aliphatic rings. The summed E-state index contributed by atoms with van der Waals surface area (Å²) in [4.78, 5) is 22.4. The second kappa shape index (κ2) is 9.99. The largest absolute Gasteiger partial charge is 0.461 e. The molecule has 1 saturated carbocycles. The molecule has 2 N–H and O–H groups in total. The molecular formula is C24H31N5O3. The van der Waals surface area contributed by atoms with E-state index >= 15 is 0 Å². The normalized spacial score (nSPS) is 18.5. The highest BCUT2D eigenvalue weighted by molar-refractivity contribution is 5.90. The van der Waals surface area contributed by atoms with E-state index in [1.54, 1.807) is 0 Å². The van der Waals surface area contributed by atoms with E-state index in [0.717, 1.165) is 48.2 Å². The number of furan rings is 1. The summed E-state index contributed by atoms with van der Waals surface area (Å²) in [5.41, 5.74) is 0.954. The summed E-state index contributed by atoms with van der Waals surface area (Å²) in [6, 6.07) is 12.7. The van der Waals surface area contributed by atoms with Gasteiger partial charge in [0.2, 0.25) is 5.95 Å². The van der Waals surface area contributed by atoms with Crippen molar-refractivity contribution in [3.8, 4) is 0 Å². The maximum absolute atomic E-state index is 10.9. The van der Waals surface area contributed by atoms with Gasteiger partial charge in [0.15, 0.2) is 0 Å². The number of hydrogen-bond donors (Lipinski definition) is 2. The van der Waals surface area contributed by atoms with Gasteiger partial charge in [-0.2, -0.15) is 4.98 Å². The Morgan fingerprint density at radius 3 is 2.53 bits per heavy atom. The number of fused-ring (bicyclic) bond motifs is 1. The highest BCUT2D eigenvalue weighted by Gasteiger charge is 2.22. The first-order valence-corrected chi connectivity index (χ1v) is 11.1. The third-order valence-electron chi connectivity index (χ3n) is 5.77. The first-order chi connectivity index (χ1) is 15.5. The number of nitrogens with zero attached hydrogens (tertiary/aromatic N) is 3. The standard InChI is InChI=1S/C24H31N5O3/c1-16(30)31-15-20-13-12-19(32-20)14-25-17-8-10-18(11-9-17)26-24-27-22-7-5-4-6-21(22)23(28-24)29(2)3/h4-7,12-13,17-18,25H,8-11,14-15H2,1-3H3,(H,26,27,28)/t17-,18+. The van der Waals surface area contributed by atoms with E-state index in [-0.39, 0.29) is 12.6 Å². The molecule has 3 aromatic rings. The van der Waals surface area contributed by atoms with Crippen molar-refractivity contribution < 1.29 is 13.9 Å². The highest BCUT2D eigenvalue weighted by Crippen LogP contribution is 2.26. The number of carbonyl (C=O) groups is 1. The van der Waals surface area contributed by atoms with Gasteiger partial charge in [0, 0.05) is 38.5 Å². The summed E-state index contributed by atoms with van der Waals surface area (Å²) in [5, 5.41) is 8.19. The highest BCUT2D eigenvalue weighted by atomic mass is 16.5. The molecule has 8 nitrogen and oxygen atoms in total. The van der Waals surface area contributed by atoms with Crippen LogP contribution in [0.15, 0.2) is 40.8 Å². The van der Waals surface area contributed by atoms with Crippen LogP contribution in [0.3, 0.4) is 0 Å². The number of anilines is 2. The van der Waals surface area contributed by atoms with Gasteiger partial charge in [-0.25, -0.2) is 4.98 Å². The molecule has 1 aliphatic carbocycles. The van der Waals surface area contributed by atoms with Gasteiger partial charge >= 0.3 is 5.97 Å². The number of aromatic nitrogens is 2. The Balaban J connectivity index is 1.28. The van der Waals surface area contributed by atoms with E-state index < -0.39 is 0 Å². The topological polar surface area (TPSA) is 92.5 Å². The number of ether oxygens (including phenoxy) is 1. The van der Waals surface area contributed by atoms with Gasteiger partial charge in [0.1, 0.15) is 23.9 Å². The van der Waals surface area contributed by atoms with Crippen LogP contribution in [0, 0.1) is 0 Å². The van der Waals surface area contributed by atoms with Crippen molar-refractivity contribution in [3.63, 3.8) is 0 Å². The minimum Gasteiger partial charge on any atom is -0.461 e. The van der Waals surface area contributed by atoms with E-state index in [1.165, 1.54) is 6.92 Å². The fraction of sp³-hybridized carbons (Fsp3) is 0.458. The zero-order valence-electron chi connectivity index (χ0n) is 18.9. The molecule has 32 heavy (non-hydrogen) atoms. The van der Waals surface area contributed by atoms with Gasteiger partial charge in [-0.05, 0) is 49.9 Å². The average Bonchev–Trinajstić information content (AvgIpc) is 3.24. The van der Waals surface area contributed by atoms with Crippen LogP contribution in [0.1, 0.15) is 44.1 Å². The lowest BCUT2D eigenvalue weighted by Gasteiger charge is -2.30. The molecule has 0 atom stereocenters. The molecule has 0 aliphatic heterocycles. The van der Waals surface area contributed by atoms with Crippen LogP contribution < -0.4 is 15.5 Å². The smallest absolute Gasteiger partial charge is 0.303 e. The minimum atomic E-state index is -0.307. The summed E-state index contributed by atoms with van der Waals surface area (Å²) < 4.78 is 10.7. The maximum Gasteiger partial charge on any atom is 0.303 e. The fourth-order valence-corrected chi connectivity index (χ4v) is 4.10. The van der Waals surface area contributed by atoms with E-state index in [1.807, 2.05) is 49.3 Å². The van der Waals surface area contributed by atoms with Gasteiger partial charge in [0.05, 0.1) is 12.1 Å². The van der Waals surface area contributed by atoms with Crippen molar-refractivity contribution in [2.45, 2.75) is 57.8 Å². The molecule has 2 aromatic heterocycles. The Morgan fingerprint density at radius 2 is 1.78 bits per heavy atom. The van der Waals surface area contributed by atoms with E-state index in [9.17, 15) is 4.79 Å². The summed E-state index contributed by atoms with van der Waals surface area (Å²) in [5.74, 6) is 2.84. The Bertz CT molecular complexity index is 1060.